The Balaban J connectivity index is 1.70. The second kappa shape index (κ2) is 11.7. The highest BCUT2D eigenvalue weighted by Crippen LogP contribution is 2.38. The fourth-order valence-electron chi connectivity index (χ4n) is 3.46. The molecule has 0 aliphatic rings. The number of aromatic nitrogens is 4. The zero-order valence-corrected chi connectivity index (χ0v) is 22.5. The van der Waals surface area contributed by atoms with Gasteiger partial charge in [0.2, 0.25) is 0 Å². The molecule has 1 amide bonds. The van der Waals surface area contributed by atoms with Gasteiger partial charge in [0.25, 0.3) is 15.9 Å². The van der Waals surface area contributed by atoms with Crippen LogP contribution in [0.4, 0.5) is 5.69 Å². The number of rotatable bonds is 10. The summed E-state index contributed by atoms with van der Waals surface area (Å²) in [6.45, 7) is 2.17. The average molecular weight is 577 g/mol. The molecule has 0 fully saturated rings. The molecule has 14 heteroatoms. The molecule has 0 spiro atoms. The number of halogens is 2. The normalized spacial score (nSPS) is 11.2. The highest BCUT2D eigenvalue weighted by Gasteiger charge is 2.22. The summed E-state index contributed by atoms with van der Waals surface area (Å²) in [5.41, 5.74) is 1.07. The van der Waals surface area contributed by atoms with E-state index in [1.165, 1.54) is 43.5 Å². The van der Waals surface area contributed by atoms with Gasteiger partial charge in [0.15, 0.2) is 23.1 Å². The summed E-state index contributed by atoms with van der Waals surface area (Å²) >= 11 is 12.1. The summed E-state index contributed by atoms with van der Waals surface area (Å²) in [6.07, 6.45) is 0.404. The summed E-state index contributed by atoms with van der Waals surface area (Å²) in [5, 5.41) is 16.7. The number of sulfonamides is 1. The van der Waals surface area contributed by atoms with Gasteiger partial charge < -0.3 is 14.8 Å². The molecule has 0 unspecified atom stereocenters. The van der Waals surface area contributed by atoms with Gasteiger partial charge >= 0.3 is 0 Å². The highest BCUT2D eigenvalue weighted by atomic mass is 35.5. The topological polar surface area (TPSA) is 148 Å². The summed E-state index contributed by atoms with van der Waals surface area (Å²) in [6, 6.07) is 13.6. The van der Waals surface area contributed by atoms with Crippen molar-refractivity contribution >= 4 is 44.8 Å². The fourth-order valence-corrected chi connectivity index (χ4v) is 5.30. The van der Waals surface area contributed by atoms with Crippen molar-refractivity contribution in [3.8, 4) is 17.2 Å². The maximum Gasteiger partial charge on any atom is 0.263 e. The number of anilines is 1. The minimum absolute atomic E-state index is 0.0118. The van der Waals surface area contributed by atoms with Crippen molar-refractivity contribution in [2.75, 3.05) is 18.4 Å². The van der Waals surface area contributed by atoms with E-state index in [2.05, 4.69) is 30.7 Å². The van der Waals surface area contributed by atoms with Crippen molar-refractivity contribution in [3.63, 3.8) is 0 Å². The first-order valence-corrected chi connectivity index (χ1v) is 13.4. The maximum absolute atomic E-state index is 13.2. The molecule has 0 aliphatic carbocycles. The molecule has 198 valence electrons. The van der Waals surface area contributed by atoms with Crippen LogP contribution >= 0.6 is 23.2 Å². The standard InChI is InChI=1S/C24H22Cl2N6O5S/c1-3-27-24(33)15-5-8-19(18(12-15)30-38(34,35)22-9-6-16(25)13-17(22)26)37-20-7-4-14(10-21(20)36-2)11-23-28-31-32-29-23/h4-10,12-13,30H,3,11H2,1-2H3,(H,27,33)(H,28,29,31,32). The Labute approximate surface area is 228 Å². The summed E-state index contributed by atoms with van der Waals surface area (Å²) in [7, 11) is -2.71. The van der Waals surface area contributed by atoms with Crippen LogP contribution in [0.2, 0.25) is 10.0 Å². The van der Waals surface area contributed by atoms with Crippen molar-refractivity contribution in [2.45, 2.75) is 18.2 Å². The number of nitrogens with one attached hydrogen (secondary N) is 3. The second-order valence-electron chi connectivity index (χ2n) is 7.84. The predicted molar refractivity (Wildman–Crippen MR) is 142 cm³/mol. The Morgan fingerprint density at radius 3 is 2.50 bits per heavy atom. The van der Waals surface area contributed by atoms with Crippen LogP contribution in [0, 0.1) is 0 Å². The lowest BCUT2D eigenvalue weighted by Crippen LogP contribution is -2.23. The van der Waals surface area contributed by atoms with Crippen LogP contribution in [0.15, 0.2) is 59.5 Å². The summed E-state index contributed by atoms with van der Waals surface area (Å²) in [4.78, 5) is 12.3. The quantitative estimate of drug-likeness (QED) is 0.251. The van der Waals surface area contributed by atoms with Gasteiger partial charge in [-0.25, -0.2) is 8.42 Å². The zero-order valence-electron chi connectivity index (χ0n) is 20.2. The molecule has 3 N–H and O–H groups in total. The Morgan fingerprint density at radius 1 is 1.03 bits per heavy atom. The fraction of sp³-hybridized carbons (Fsp3) is 0.167. The molecular formula is C24H22Cl2N6O5S. The van der Waals surface area contributed by atoms with E-state index in [4.69, 9.17) is 32.7 Å². The number of tetrazole rings is 1. The molecule has 0 radical (unpaired) electrons. The largest absolute Gasteiger partial charge is 0.493 e. The molecule has 4 aromatic rings. The summed E-state index contributed by atoms with van der Waals surface area (Å²) < 4.78 is 40.5. The van der Waals surface area contributed by atoms with Crippen LogP contribution in [-0.2, 0) is 16.4 Å². The Hall–Kier alpha value is -3.87. The van der Waals surface area contributed by atoms with Crippen molar-refractivity contribution in [3.05, 3.63) is 81.6 Å². The zero-order chi connectivity index (χ0) is 27.3. The number of amides is 1. The Kier molecular flexibility index (Phi) is 8.35. The van der Waals surface area contributed by atoms with Gasteiger partial charge in [-0.05, 0) is 61.0 Å². The van der Waals surface area contributed by atoms with Crippen LogP contribution in [0.3, 0.4) is 0 Å². The number of benzene rings is 3. The van der Waals surface area contributed by atoms with Gasteiger partial charge in [0.05, 0.1) is 17.8 Å². The Morgan fingerprint density at radius 2 is 1.82 bits per heavy atom. The van der Waals surface area contributed by atoms with Crippen LogP contribution < -0.4 is 19.5 Å². The molecule has 0 aliphatic heterocycles. The van der Waals surface area contributed by atoms with Crippen molar-refractivity contribution in [1.82, 2.24) is 25.9 Å². The second-order valence-corrected chi connectivity index (χ2v) is 10.3. The number of hydrogen-bond donors (Lipinski definition) is 3. The van der Waals surface area contributed by atoms with E-state index in [0.717, 1.165) is 5.56 Å². The first-order chi connectivity index (χ1) is 18.2. The molecule has 4 rings (SSSR count). The molecule has 38 heavy (non-hydrogen) atoms. The number of aromatic amines is 1. The maximum atomic E-state index is 13.2. The lowest BCUT2D eigenvalue weighted by Gasteiger charge is -2.17. The van der Waals surface area contributed by atoms with Crippen molar-refractivity contribution in [2.24, 2.45) is 0 Å². The van der Waals surface area contributed by atoms with Crippen LogP contribution in [-0.4, -0.2) is 48.6 Å². The Bertz CT molecular complexity index is 1560. The number of nitrogens with zero attached hydrogens (tertiary/aromatic N) is 3. The number of carbonyl (C=O) groups is 1. The first-order valence-electron chi connectivity index (χ1n) is 11.2. The number of carbonyl (C=O) groups excluding carboxylic acids is 1. The number of ether oxygens (including phenoxy) is 2. The average Bonchev–Trinajstić information content (AvgIpc) is 3.38. The van der Waals surface area contributed by atoms with E-state index in [1.807, 2.05) is 0 Å². The third-order valence-corrected chi connectivity index (χ3v) is 7.29. The highest BCUT2D eigenvalue weighted by molar-refractivity contribution is 7.92. The van der Waals surface area contributed by atoms with Gasteiger partial charge in [-0.3, -0.25) is 9.52 Å². The third kappa shape index (κ3) is 6.33. The molecule has 0 saturated heterocycles. The van der Waals surface area contributed by atoms with Gasteiger partial charge in [0.1, 0.15) is 4.90 Å². The van der Waals surface area contributed by atoms with Crippen molar-refractivity contribution < 1.29 is 22.7 Å². The van der Waals surface area contributed by atoms with Gasteiger partial charge in [0, 0.05) is 23.6 Å². The number of H-pyrrole nitrogens is 1. The molecular weight excluding hydrogens is 555 g/mol. The molecule has 1 heterocycles. The molecule has 0 bridgehead atoms. The van der Waals surface area contributed by atoms with E-state index in [1.54, 1.807) is 25.1 Å². The van der Waals surface area contributed by atoms with Gasteiger partial charge in [-0.2, -0.15) is 5.21 Å². The van der Waals surface area contributed by atoms with Crippen molar-refractivity contribution in [1.29, 1.82) is 0 Å². The van der Waals surface area contributed by atoms with E-state index in [0.29, 0.717) is 30.3 Å². The first kappa shape index (κ1) is 27.2. The van der Waals surface area contributed by atoms with Crippen LogP contribution in [0.1, 0.15) is 28.7 Å². The van der Waals surface area contributed by atoms with E-state index < -0.39 is 10.0 Å². The molecule has 3 aromatic carbocycles. The van der Waals surface area contributed by atoms with Gasteiger partial charge in [-0.15, -0.1) is 10.2 Å². The number of hydrogen-bond acceptors (Lipinski definition) is 8. The molecule has 0 saturated carbocycles. The third-order valence-electron chi connectivity index (χ3n) is 5.21. The summed E-state index contributed by atoms with van der Waals surface area (Å²) in [5.74, 6) is 0.927. The number of methoxy groups -OCH3 is 1. The predicted octanol–water partition coefficient (Wildman–Crippen LogP) is 4.45. The van der Waals surface area contributed by atoms with Crippen LogP contribution in [0.25, 0.3) is 0 Å². The van der Waals surface area contributed by atoms with Crippen LogP contribution in [0.5, 0.6) is 17.2 Å². The van der Waals surface area contributed by atoms with E-state index in [9.17, 15) is 13.2 Å². The lowest BCUT2D eigenvalue weighted by atomic mass is 10.1. The SMILES string of the molecule is CCNC(=O)c1ccc(Oc2ccc(Cc3nn[nH]n3)cc2OC)c(NS(=O)(=O)c2ccc(Cl)cc2Cl)c1. The van der Waals surface area contributed by atoms with E-state index >= 15 is 0 Å². The molecule has 0 atom stereocenters. The minimum Gasteiger partial charge on any atom is -0.493 e. The smallest absolute Gasteiger partial charge is 0.263 e. The van der Waals surface area contributed by atoms with Gasteiger partial charge in [-0.1, -0.05) is 34.5 Å². The molecule has 1 aromatic heterocycles. The molecule has 11 nitrogen and oxygen atoms in total. The van der Waals surface area contributed by atoms with E-state index in [-0.39, 0.29) is 37.8 Å². The monoisotopic (exact) mass is 576 g/mol. The minimum atomic E-state index is -4.19. The lowest BCUT2D eigenvalue weighted by molar-refractivity contribution is 0.0956.